The SMILES string of the molecule is OCC1C=CC(CN2CCOCC2)=CC1. The fraction of sp³-hybridized carbons (Fsp3) is 0.667. The molecule has 0 amide bonds. The summed E-state index contributed by atoms with van der Waals surface area (Å²) in [5, 5.41) is 8.99. The van der Waals surface area contributed by atoms with Crippen molar-refractivity contribution in [3.8, 4) is 0 Å². The summed E-state index contributed by atoms with van der Waals surface area (Å²) in [6, 6.07) is 0. The number of ether oxygens (including phenoxy) is 1. The minimum Gasteiger partial charge on any atom is -0.396 e. The highest BCUT2D eigenvalue weighted by molar-refractivity contribution is 5.25. The molecule has 0 bridgehead atoms. The van der Waals surface area contributed by atoms with Crippen molar-refractivity contribution >= 4 is 0 Å². The van der Waals surface area contributed by atoms with Crippen LogP contribution < -0.4 is 0 Å². The van der Waals surface area contributed by atoms with Crippen LogP contribution in [-0.2, 0) is 4.74 Å². The Hall–Kier alpha value is -0.640. The fourth-order valence-electron chi connectivity index (χ4n) is 1.98. The number of allylic oxidation sites excluding steroid dienone is 1. The zero-order valence-corrected chi connectivity index (χ0v) is 9.06. The number of hydrogen-bond donors (Lipinski definition) is 1. The largest absolute Gasteiger partial charge is 0.396 e. The van der Waals surface area contributed by atoms with Gasteiger partial charge in [-0.1, -0.05) is 18.2 Å². The Kier molecular flexibility index (Phi) is 3.94. The van der Waals surface area contributed by atoms with Gasteiger partial charge in [0.05, 0.1) is 13.2 Å². The van der Waals surface area contributed by atoms with E-state index in [2.05, 4.69) is 23.1 Å². The fourth-order valence-corrected chi connectivity index (χ4v) is 1.98. The van der Waals surface area contributed by atoms with E-state index in [1.165, 1.54) is 5.57 Å². The molecule has 3 heteroatoms. The van der Waals surface area contributed by atoms with E-state index in [1.54, 1.807) is 0 Å². The third-order valence-electron chi connectivity index (χ3n) is 3.01. The Morgan fingerprint density at radius 1 is 1.40 bits per heavy atom. The molecular formula is C12H19NO2. The van der Waals surface area contributed by atoms with Crippen molar-refractivity contribution < 1.29 is 9.84 Å². The Morgan fingerprint density at radius 3 is 2.80 bits per heavy atom. The van der Waals surface area contributed by atoms with Crippen LogP contribution in [0.5, 0.6) is 0 Å². The monoisotopic (exact) mass is 209 g/mol. The van der Waals surface area contributed by atoms with E-state index in [0.29, 0.717) is 5.92 Å². The normalized spacial score (nSPS) is 27.8. The van der Waals surface area contributed by atoms with Crippen LogP contribution in [0.2, 0.25) is 0 Å². The number of rotatable bonds is 3. The smallest absolute Gasteiger partial charge is 0.0594 e. The van der Waals surface area contributed by atoms with E-state index in [1.807, 2.05) is 0 Å². The first-order valence-corrected chi connectivity index (χ1v) is 5.66. The van der Waals surface area contributed by atoms with Gasteiger partial charge in [-0.2, -0.15) is 0 Å². The number of morpholine rings is 1. The molecule has 0 aromatic rings. The molecule has 1 saturated heterocycles. The standard InChI is InChI=1S/C12H19NO2/c14-10-12-3-1-11(2-4-12)9-13-5-7-15-8-6-13/h1-3,12,14H,4-10H2. The first-order valence-electron chi connectivity index (χ1n) is 5.66. The first-order chi connectivity index (χ1) is 7.38. The molecule has 2 aliphatic rings. The summed E-state index contributed by atoms with van der Waals surface area (Å²) < 4.78 is 5.31. The van der Waals surface area contributed by atoms with Gasteiger partial charge in [-0.05, 0) is 12.0 Å². The van der Waals surface area contributed by atoms with Crippen LogP contribution in [0.1, 0.15) is 6.42 Å². The topological polar surface area (TPSA) is 32.7 Å². The Morgan fingerprint density at radius 2 is 2.20 bits per heavy atom. The van der Waals surface area contributed by atoms with E-state index >= 15 is 0 Å². The summed E-state index contributed by atoms with van der Waals surface area (Å²) in [6.45, 7) is 5.07. The van der Waals surface area contributed by atoms with E-state index < -0.39 is 0 Å². The predicted octanol–water partition coefficient (Wildman–Crippen LogP) is 0.813. The molecule has 1 aliphatic heterocycles. The highest BCUT2D eigenvalue weighted by atomic mass is 16.5. The summed E-state index contributed by atoms with van der Waals surface area (Å²) in [4.78, 5) is 2.42. The predicted molar refractivity (Wildman–Crippen MR) is 59.7 cm³/mol. The second-order valence-corrected chi connectivity index (χ2v) is 4.21. The van der Waals surface area contributed by atoms with Gasteiger partial charge in [-0.15, -0.1) is 0 Å². The van der Waals surface area contributed by atoms with Gasteiger partial charge < -0.3 is 9.84 Å². The van der Waals surface area contributed by atoms with Crippen molar-refractivity contribution in [1.29, 1.82) is 0 Å². The lowest BCUT2D eigenvalue weighted by molar-refractivity contribution is 0.0425. The molecule has 2 rings (SSSR count). The summed E-state index contributed by atoms with van der Waals surface area (Å²) in [5.74, 6) is 0.332. The molecule has 0 spiro atoms. The second kappa shape index (κ2) is 5.45. The van der Waals surface area contributed by atoms with E-state index in [0.717, 1.165) is 39.3 Å². The molecule has 1 unspecified atom stereocenters. The maximum absolute atomic E-state index is 8.99. The lowest BCUT2D eigenvalue weighted by Gasteiger charge is -2.27. The van der Waals surface area contributed by atoms with Crippen molar-refractivity contribution in [3.63, 3.8) is 0 Å². The Bertz CT molecular complexity index is 254. The third kappa shape index (κ3) is 3.16. The lowest BCUT2D eigenvalue weighted by Crippen LogP contribution is -2.37. The molecule has 1 N–H and O–H groups in total. The Balaban J connectivity index is 1.80. The van der Waals surface area contributed by atoms with Gasteiger partial charge in [0.25, 0.3) is 0 Å². The van der Waals surface area contributed by atoms with Gasteiger partial charge in [0.2, 0.25) is 0 Å². The Labute approximate surface area is 91.0 Å². The zero-order valence-electron chi connectivity index (χ0n) is 9.06. The van der Waals surface area contributed by atoms with Crippen LogP contribution in [0.3, 0.4) is 0 Å². The van der Waals surface area contributed by atoms with Gasteiger partial charge in [-0.25, -0.2) is 0 Å². The lowest BCUT2D eigenvalue weighted by atomic mass is 9.97. The van der Waals surface area contributed by atoms with E-state index in [4.69, 9.17) is 9.84 Å². The van der Waals surface area contributed by atoms with E-state index in [9.17, 15) is 0 Å². The summed E-state index contributed by atoms with van der Waals surface area (Å²) in [6.07, 6.45) is 7.50. The van der Waals surface area contributed by atoms with Gasteiger partial charge in [0, 0.05) is 32.2 Å². The molecule has 1 aliphatic carbocycles. The van der Waals surface area contributed by atoms with Crippen LogP contribution >= 0.6 is 0 Å². The summed E-state index contributed by atoms with van der Waals surface area (Å²) in [7, 11) is 0. The van der Waals surface area contributed by atoms with Crippen LogP contribution in [0.15, 0.2) is 23.8 Å². The average molecular weight is 209 g/mol. The second-order valence-electron chi connectivity index (χ2n) is 4.21. The molecule has 15 heavy (non-hydrogen) atoms. The molecule has 1 atom stereocenters. The van der Waals surface area contributed by atoms with Gasteiger partial charge in [-0.3, -0.25) is 4.90 Å². The maximum Gasteiger partial charge on any atom is 0.0594 e. The van der Waals surface area contributed by atoms with Crippen molar-refractivity contribution in [2.45, 2.75) is 6.42 Å². The zero-order chi connectivity index (χ0) is 10.5. The molecule has 1 heterocycles. The van der Waals surface area contributed by atoms with Crippen molar-refractivity contribution in [3.05, 3.63) is 23.8 Å². The molecule has 0 radical (unpaired) electrons. The number of aliphatic hydroxyl groups is 1. The molecular weight excluding hydrogens is 190 g/mol. The molecule has 0 aromatic carbocycles. The van der Waals surface area contributed by atoms with Gasteiger partial charge in [0.15, 0.2) is 0 Å². The maximum atomic E-state index is 8.99. The summed E-state index contributed by atoms with van der Waals surface area (Å²) in [5.41, 5.74) is 1.38. The molecule has 3 nitrogen and oxygen atoms in total. The van der Waals surface area contributed by atoms with Gasteiger partial charge >= 0.3 is 0 Å². The van der Waals surface area contributed by atoms with E-state index in [-0.39, 0.29) is 6.61 Å². The first kappa shape index (κ1) is 10.9. The minimum absolute atomic E-state index is 0.262. The molecule has 84 valence electrons. The minimum atomic E-state index is 0.262. The average Bonchev–Trinajstić information content (AvgIpc) is 2.31. The van der Waals surface area contributed by atoms with Crippen LogP contribution in [0.25, 0.3) is 0 Å². The highest BCUT2D eigenvalue weighted by Crippen LogP contribution is 2.16. The highest BCUT2D eigenvalue weighted by Gasteiger charge is 2.13. The number of aliphatic hydroxyl groups excluding tert-OH is 1. The summed E-state index contributed by atoms with van der Waals surface area (Å²) >= 11 is 0. The van der Waals surface area contributed by atoms with Crippen molar-refractivity contribution in [2.24, 2.45) is 5.92 Å². The quantitative estimate of drug-likeness (QED) is 0.746. The van der Waals surface area contributed by atoms with Gasteiger partial charge in [0.1, 0.15) is 0 Å². The third-order valence-corrected chi connectivity index (χ3v) is 3.01. The van der Waals surface area contributed by atoms with Crippen LogP contribution in [-0.4, -0.2) is 49.5 Å². The molecule has 1 fully saturated rings. The number of nitrogens with zero attached hydrogens (tertiary/aromatic N) is 1. The molecule has 0 saturated carbocycles. The molecule has 0 aromatic heterocycles. The van der Waals surface area contributed by atoms with Crippen LogP contribution in [0.4, 0.5) is 0 Å². The van der Waals surface area contributed by atoms with Crippen molar-refractivity contribution in [1.82, 2.24) is 4.90 Å². The van der Waals surface area contributed by atoms with Crippen LogP contribution in [0, 0.1) is 5.92 Å². The number of hydrogen-bond acceptors (Lipinski definition) is 3. The van der Waals surface area contributed by atoms with Crippen molar-refractivity contribution in [2.75, 3.05) is 39.5 Å².